The summed E-state index contributed by atoms with van der Waals surface area (Å²) in [5.41, 5.74) is 8.64. The van der Waals surface area contributed by atoms with Crippen molar-refractivity contribution >= 4 is 68.4 Å². The summed E-state index contributed by atoms with van der Waals surface area (Å²) >= 11 is 0. The Morgan fingerprint density at radius 1 is 0.343 bits per heavy atom. The van der Waals surface area contributed by atoms with E-state index in [1.54, 1.807) is 0 Å². The van der Waals surface area contributed by atoms with Gasteiger partial charge in [-0.15, -0.1) is 52.5 Å². The molecule has 0 spiro atoms. The van der Waals surface area contributed by atoms with Crippen molar-refractivity contribution in [2.45, 2.75) is 80.1 Å². The van der Waals surface area contributed by atoms with Gasteiger partial charge in [-0.05, 0) is 87.8 Å². The van der Waals surface area contributed by atoms with Crippen LogP contribution in [0.2, 0.25) is 0 Å². The van der Waals surface area contributed by atoms with E-state index in [9.17, 15) is 0 Å². The third-order valence-corrected chi connectivity index (χ3v) is 6.67. The van der Waals surface area contributed by atoms with E-state index < -0.39 is 0 Å². The van der Waals surface area contributed by atoms with Gasteiger partial charge in [0.05, 0.1) is 0 Å². The van der Waals surface area contributed by atoms with Gasteiger partial charge in [0.1, 0.15) is 0 Å². The lowest BCUT2D eigenvalue weighted by atomic mass is 10.1. The maximum atomic E-state index is 2.76. The Morgan fingerprint density at radius 2 is 0.486 bits per heavy atom. The zero-order valence-electron chi connectivity index (χ0n) is 22.5. The molecule has 0 saturated heterocycles. The smallest absolute Gasteiger partial charge is 0.0297 e. The van der Waals surface area contributed by atoms with Crippen molar-refractivity contribution < 1.29 is 0 Å². The molecule has 0 fully saturated rings. The minimum absolute atomic E-state index is 0. The number of halogens is 2. The van der Waals surface area contributed by atoms with Crippen molar-refractivity contribution in [2.75, 3.05) is 0 Å². The number of aryl methyl sites for hydroxylation is 6. The Balaban J connectivity index is 0. The van der Waals surface area contributed by atoms with Gasteiger partial charge in [-0.3, -0.25) is 0 Å². The quantitative estimate of drug-likeness (QED) is 0.265. The Labute approximate surface area is 235 Å². The minimum Gasteiger partial charge on any atom is -0.147 e. The molecule has 0 saturated carbocycles. The molecule has 3 atom stereocenters. The molecule has 0 heterocycles. The third-order valence-electron chi connectivity index (χ3n) is 5.67. The molecule has 0 aliphatic rings. The maximum absolute atomic E-state index is 2.76. The monoisotopic (exact) mass is 570 g/mol. The summed E-state index contributed by atoms with van der Waals surface area (Å²) in [6, 6.07) is 20.2. The molecule has 0 nitrogen and oxygen atoms in total. The first-order chi connectivity index (χ1) is 15.8. The first kappa shape index (κ1) is 36.7. The highest BCUT2D eigenvalue weighted by atomic mass is 35.5. The van der Waals surface area contributed by atoms with Crippen LogP contribution < -0.4 is 15.9 Å². The predicted molar refractivity (Wildman–Crippen MR) is 178 cm³/mol. The number of hydrogen-bond acceptors (Lipinski definition) is 0. The van der Waals surface area contributed by atoms with Crippen LogP contribution in [0.4, 0.5) is 0 Å². The first-order valence-electron chi connectivity index (χ1n) is 12.4. The maximum Gasteiger partial charge on any atom is -0.0297 e. The van der Waals surface area contributed by atoms with Gasteiger partial charge in [-0.2, -0.15) is 0 Å². The zero-order chi connectivity index (χ0) is 24.8. The topological polar surface area (TPSA) is 0 Å². The molecule has 35 heavy (non-hydrogen) atoms. The second-order valence-corrected chi connectivity index (χ2v) is 10.4. The van der Waals surface area contributed by atoms with Crippen LogP contribution in [0, 0.1) is 0 Å². The lowest BCUT2D eigenvalue weighted by Gasteiger charge is -2.02. The van der Waals surface area contributed by atoms with Gasteiger partial charge >= 0.3 is 0 Å². The summed E-state index contributed by atoms with van der Waals surface area (Å²) in [4.78, 5) is 0. The fraction of sp³-hybridized carbons (Fsp3) is 0.400. The van der Waals surface area contributed by atoms with Crippen LogP contribution >= 0.6 is 52.5 Å². The Hall–Kier alpha value is -0.470. The SMILES string of the molecule is CCc1cc(P)cc(CC)c1.CCc1cc(P)cc(CC)c1.CCc1cc(P)cc(CC)c1.Cl.Cl. The minimum atomic E-state index is 0. The van der Waals surface area contributed by atoms with Crippen molar-refractivity contribution in [3.05, 3.63) is 88.0 Å². The molecule has 0 amide bonds. The van der Waals surface area contributed by atoms with Crippen LogP contribution in [0.15, 0.2) is 54.6 Å². The van der Waals surface area contributed by atoms with Crippen molar-refractivity contribution in [2.24, 2.45) is 0 Å². The summed E-state index contributed by atoms with van der Waals surface area (Å²) in [5.74, 6) is 0. The average Bonchev–Trinajstić information content (AvgIpc) is 2.83. The Kier molecular flexibility index (Phi) is 21.6. The van der Waals surface area contributed by atoms with Gasteiger partial charge in [-0.25, -0.2) is 0 Å². The number of benzene rings is 3. The summed E-state index contributed by atoms with van der Waals surface area (Å²) in [7, 11) is 8.27. The van der Waals surface area contributed by atoms with Crippen LogP contribution in [-0.2, 0) is 38.5 Å². The van der Waals surface area contributed by atoms with E-state index in [1.165, 1.54) is 49.3 Å². The van der Waals surface area contributed by atoms with E-state index >= 15 is 0 Å². The second kappa shape index (κ2) is 20.6. The first-order valence-corrected chi connectivity index (χ1v) is 14.2. The summed E-state index contributed by atoms with van der Waals surface area (Å²) in [6.07, 6.45) is 6.81. The highest BCUT2D eigenvalue weighted by Gasteiger charge is 1.96. The van der Waals surface area contributed by atoms with E-state index in [-0.39, 0.29) is 24.8 Å². The van der Waals surface area contributed by atoms with E-state index in [1.807, 2.05) is 0 Å². The van der Waals surface area contributed by atoms with E-state index in [4.69, 9.17) is 0 Å². The van der Waals surface area contributed by atoms with Crippen molar-refractivity contribution in [3.63, 3.8) is 0 Å². The standard InChI is InChI=1S/3C10H15P.2ClH/c3*1-3-8-5-9(4-2)7-10(11)6-8;;/h3*5-7H,3-4,11H2,1-2H3;2*1H. The Bertz CT molecular complexity index is 793. The second-order valence-electron chi connectivity index (χ2n) is 8.37. The van der Waals surface area contributed by atoms with Crippen LogP contribution in [0.3, 0.4) is 0 Å². The van der Waals surface area contributed by atoms with Crippen molar-refractivity contribution in [1.82, 2.24) is 0 Å². The van der Waals surface area contributed by atoms with Crippen LogP contribution in [-0.4, -0.2) is 0 Å². The third kappa shape index (κ3) is 14.8. The molecule has 3 aromatic carbocycles. The highest BCUT2D eigenvalue weighted by molar-refractivity contribution is 7.27. The predicted octanol–water partition coefficient (Wildman–Crippen LogP) is 7.78. The molecule has 3 rings (SSSR count). The zero-order valence-corrected chi connectivity index (χ0v) is 27.6. The van der Waals surface area contributed by atoms with Crippen molar-refractivity contribution in [1.29, 1.82) is 0 Å². The van der Waals surface area contributed by atoms with Crippen LogP contribution in [0.25, 0.3) is 0 Å². The van der Waals surface area contributed by atoms with Gasteiger partial charge in [0, 0.05) is 0 Å². The fourth-order valence-electron chi connectivity index (χ4n) is 3.60. The van der Waals surface area contributed by atoms with Crippen LogP contribution in [0.5, 0.6) is 0 Å². The molecule has 0 aliphatic carbocycles. The summed E-state index contributed by atoms with van der Waals surface area (Å²) in [5, 5.41) is 3.92. The lowest BCUT2D eigenvalue weighted by molar-refractivity contribution is 1.09. The number of hydrogen-bond donors (Lipinski definition) is 0. The normalized spacial score (nSPS) is 9.51. The molecular weight excluding hydrogens is 524 g/mol. The molecular formula is C30H47Cl2P3. The summed E-state index contributed by atoms with van der Waals surface area (Å²) in [6.45, 7) is 13.2. The Morgan fingerprint density at radius 3 is 0.600 bits per heavy atom. The van der Waals surface area contributed by atoms with Gasteiger partial charge < -0.3 is 0 Å². The van der Waals surface area contributed by atoms with Crippen LogP contribution in [0.1, 0.15) is 74.9 Å². The van der Waals surface area contributed by atoms with E-state index in [0.29, 0.717) is 0 Å². The molecule has 3 unspecified atom stereocenters. The lowest BCUT2D eigenvalue weighted by Crippen LogP contribution is -1.96. The average molecular weight is 572 g/mol. The largest absolute Gasteiger partial charge is 0.147 e. The fourth-order valence-corrected chi connectivity index (χ4v) is 4.88. The van der Waals surface area contributed by atoms with Gasteiger partial charge in [0.25, 0.3) is 0 Å². The molecule has 0 radical (unpaired) electrons. The molecule has 5 heteroatoms. The molecule has 196 valence electrons. The highest BCUT2D eigenvalue weighted by Crippen LogP contribution is 2.08. The van der Waals surface area contributed by atoms with E-state index in [2.05, 4.69) is 124 Å². The number of rotatable bonds is 6. The summed E-state index contributed by atoms with van der Waals surface area (Å²) < 4.78 is 0. The molecule has 3 aromatic rings. The van der Waals surface area contributed by atoms with Gasteiger partial charge in [-0.1, -0.05) is 96.1 Å². The molecule has 0 N–H and O–H groups in total. The van der Waals surface area contributed by atoms with Gasteiger partial charge in [0.15, 0.2) is 0 Å². The van der Waals surface area contributed by atoms with E-state index in [0.717, 1.165) is 38.5 Å². The van der Waals surface area contributed by atoms with Crippen molar-refractivity contribution in [3.8, 4) is 0 Å². The molecule has 0 bridgehead atoms. The molecule has 0 aromatic heterocycles. The molecule has 0 aliphatic heterocycles. The van der Waals surface area contributed by atoms with Gasteiger partial charge in [0.2, 0.25) is 0 Å².